The molecule has 0 bridgehead atoms. The van der Waals surface area contributed by atoms with Gasteiger partial charge < -0.3 is 23.7 Å². The third kappa shape index (κ3) is 18.8. The Bertz CT molecular complexity index is 4350. The molecule has 0 amide bonds. The van der Waals surface area contributed by atoms with Gasteiger partial charge in [-0.3, -0.25) is 24.0 Å². The minimum atomic E-state index is -0.488. The highest BCUT2D eigenvalue weighted by molar-refractivity contribution is 6.07. The summed E-state index contributed by atoms with van der Waals surface area (Å²) in [7, 11) is 0. The van der Waals surface area contributed by atoms with E-state index in [0.717, 1.165) is 86.0 Å². The molecule has 0 aliphatic carbocycles. The molecule has 10 heteroatoms. The van der Waals surface area contributed by atoms with Crippen molar-refractivity contribution >= 4 is 94.5 Å². The molecule has 10 nitrogen and oxygen atoms in total. The number of esters is 5. The van der Waals surface area contributed by atoms with Gasteiger partial charge in [-0.15, -0.1) is 0 Å². The molecule has 11 rings (SSSR count). The average molecular weight is 1260 g/mol. The van der Waals surface area contributed by atoms with Crippen LogP contribution in [0.4, 0.5) is 0 Å². The van der Waals surface area contributed by atoms with E-state index in [1.165, 1.54) is 10.8 Å². The zero-order valence-electron chi connectivity index (χ0n) is 57.5. The number of carbonyl (C=O) groups excluding carboxylic acids is 5. The fourth-order valence-corrected chi connectivity index (χ4v) is 8.99. The molecule has 0 aromatic heterocycles. The van der Waals surface area contributed by atoms with Crippen LogP contribution in [0.2, 0.25) is 0 Å². The van der Waals surface area contributed by atoms with Crippen molar-refractivity contribution in [1.82, 2.24) is 0 Å². The molecule has 0 fully saturated rings. The largest absolute Gasteiger partial charge is 0.426 e. The fraction of sp³-hybridized carbons (Fsp3) is 0.298. The van der Waals surface area contributed by atoms with Crippen LogP contribution in [-0.4, -0.2) is 29.8 Å². The van der Waals surface area contributed by atoms with Crippen molar-refractivity contribution in [3.8, 4) is 28.7 Å². The lowest BCUT2D eigenvalue weighted by Crippen LogP contribution is -2.28. The Kier molecular flexibility index (Phi) is 24.3. The third-order valence-corrected chi connectivity index (χ3v) is 17.8. The first kappa shape index (κ1) is 71.8. The molecule has 0 aliphatic rings. The van der Waals surface area contributed by atoms with Gasteiger partial charge in [-0.25, -0.2) is 0 Å². The quantitative estimate of drug-likeness (QED) is 0.0555. The van der Waals surface area contributed by atoms with Crippen LogP contribution in [0.25, 0.3) is 64.6 Å². The predicted molar refractivity (Wildman–Crippen MR) is 386 cm³/mol. The first-order valence-electron chi connectivity index (χ1n) is 32.6. The van der Waals surface area contributed by atoms with Crippen molar-refractivity contribution in [3.05, 3.63) is 224 Å². The van der Waals surface area contributed by atoms with Gasteiger partial charge >= 0.3 is 29.8 Å². The normalized spacial score (nSPS) is 11.6. The van der Waals surface area contributed by atoms with Crippen LogP contribution in [0.5, 0.6) is 28.7 Å². The van der Waals surface area contributed by atoms with E-state index in [1.54, 1.807) is 12.1 Å². The van der Waals surface area contributed by atoms with E-state index in [2.05, 4.69) is 30.3 Å². The Morgan fingerprint density at radius 1 is 0.245 bits per heavy atom. The summed E-state index contributed by atoms with van der Waals surface area (Å²) in [5.74, 6) is 2.23. The molecule has 0 aliphatic heterocycles. The summed E-state index contributed by atoms with van der Waals surface area (Å²) in [5.41, 5.74) is -2.24. The minimum absolute atomic E-state index is 0.175. The second-order valence-corrected chi connectivity index (χ2v) is 26.8. The molecule has 0 saturated heterocycles. The summed E-state index contributed by atoms with van der Waals surface area (Å²) in [4.78, 5) is 60.4. The monoisotopic (exact) mass is 1260 g/mol. The molecule has 0 spiro atoms. The molecule has 11 aromatic rings. The zero-order chi connectivity index (χ0) is 68.4. The first-order chi connectivity index (χ1) is 44.6. The van der Waals surface area contributed by atoms with Gasteiger partial charge in [0.05, 0.1) is 27.1 Å². The number of para-hydroxylation sites is 1. The van der Waals surface area contributed by atoms with Gasteiger partial charge in [0, 0.05) is 16.2 Å². The van der Waals surface area contributed by atoms with E-state index in [-0.39, 0.29) is 29.8 Å². The Labute approximate surface area is 555 Å². The van der Waals surface area contributed by atoms with Crippen LogP contribution < -0.4 is 23.7 Å². The highest BCUT2D eigenvalue weighted by atomic mass is 16.6. The van der Waals surface area contributed by atoms with Gasteiger partial charge in [-0.1, -0.05) is 198 Å². The van der Waals surface area contributed by atoms with Gasteiger partial charge in [0.15, 0.2) is 0 Å². The topological polar surface area (TPSA) is 132 Å². The molecule has 0 heterocycles. The number of hydrogen-bond acceptors (Lipinski definition) is 10. The highest BCUT2D eigenvalue weighted by Gasteiger charge is 2.32. The van der Waals surface area contributed by atoms with E-state index in [9.17, 15) is 24.0 Å². The van der Waals surface area contributed by atoms with Crippen molar-refractivity contribution < 1.29 is 47.7 Å². The highest BCUT2D eigenvalue weighted by Crippen LogP contribution is 2.38. The molecule has 94 heavy (non-hydrogen) atoms. The number of benzene rings is 11. The summed E-state index contributed by atoms with van der Waals surface area (Å²) in [5, 5.41) is 13.0. The molecule has 0 unspecified atom stereocenters. The summed E-state index contributed by atoms with van der Waals surface area (Å²) in [6.45, 7) is 29.0. The van der Waals surface area contributed by atoms with Crippen molar-refractivity contribution in [2.45, 2.75) is 136 Å². The van der Waals surface area contributed by atoms with Crippen LogP contribution in [0.1, 0.15) is 136 Å². The summed E-state index contributed by atoms with van der Waals surface area (Å²) in [6.07, 6.45) is 3.80. The Morgan fingerprint density at radius 2 is 0.543 bits per heavy atom. The lowest BCUT2D eigenvalue weighted by Gasteiger charge is -2.21. The van der Waals surface area contributed by atoms with Gasteiger partial charge in [0.25, 0.3) is 0 Å². The molecule has 0 N–H and O–H groups in total. The summed E-state index contributed by atoms with van der Waals surface area (Å²) < 4.78 is 27.6. The Morgan fingerprint density at radius 3 is 1.00 bits per heavy atom. The van der Waals surface area contributed by atoms with Gasteiger partial charge in [0.1, 0.15) is 28.7 Å². The summed E-state index contributed by atoms with van der Waals surface area (Å²) >= 11 is 0. The van der Waals surface area contributed by atoms with Gasteiger partial charge in [-0.05, 0) is 210 Å². The van der Waals surface area contributed by atoms with E-state index in [0.29, 0.717) is 28.7 Å². The molecule has 488 valence electrons. The van der Waals surface area contributed by atoms with E-state index < -0.39 is 27.1 Å². The van der Waals surface area contributed by atoms with E-state index >= 15 is 0 Å². The molecular weight excluding hydrogens is 1170 g/mol. The zero-order valence-corrected chi connectivity index (χ0v) is 57.5. The predicted octanol–water partition coefficient (Wildman–Crippen LogP) is 22.1. The van der Waals surface area contributed by atoms with Crippen molar-refractivity contribution in [2.75, 3.05) is 0 Å². The number of hydrogen-bond donors (Lipinski definition) is 0. The molecule has 0 radical (unpaired) electrons. The second-order valence-electron chi connectivity index (χ2n) is 26.8. The van der Waals surface area contributed by atoms with Crippen molar-refractivity contribution in [3.63, 3.8) is 0 Å². The standard InChI is InChI=1S/2C20H20O2.2C16H18O2.C12H16O2/c1-4-20(2,3)19(21)22-18-16-11-7-5-9-14(16)13-15-10-6-8-12-17(15)18;1-4-20(2,3)19(21)22-18-10-9-16-11-14-7-5-6-8-15(14)12-17(16)13-18;1-4-16(2,3)15(17)18-14-11-7-9-12-8-5-6-10-13(12)14;1-4-16(2,3)15(17)18-14-10-9-12-7-5-6-8-13(12)11-14;1-4-12(2,3)11(13)14-10-8-6-5-7-9-10/h2*5-13H,4H2,1-3H3;2*5-11H,4H2,1-3H3;5-9H,4H2,1-3H3. The van der Waals surface area contributed by atoms with Crippen molar-refractivity contribution in [1.29, 1.82) is 0 Å². The maximum atomic E-state index is 12.5. The third-order valence-electron chi connectivity index (χ3n) is 17.8. The van der Waals surface area contributed by atoms with Gasteiger partial charge in [0.2, 0.25) is 0 Å². The maximum absolute atomic E-state index is 12.5. The molecule has 11 aromatic carbocycles. The second kappa shape index (κ2) is 31.8. The molecule has 0 atom stereocenters. The average Bonchev–Trinajstić information content (AvgIpc) is 0.842. The lowest BCUT2D eigenvalue weighted by molar-refractivity contribution is -0.144. The first-order valence-corrected chi connectivity index (χ1v) is 32.6. The number of fused-ring (bicyclic) bond motifs is 6. The van der Waals surface area contributed by atoms with E-state index in [1.807, 2.05) is 286 Å². The maximum Gasteiger partial charge on any atom is 0.316 e. The van der Waals surface area contributed by atoms with Crippen LogP contribution in [0.3, 0.4) is 0 Å². The Hall–Kier alpha value is -9.67. The number of ether oxygens (including phenoxy) is 5. The van der Waals surface area contributed by atoms with Crippen molar-refractivity contribution in [2.24, 2.45) is 27.1 Å². The number of rotatable bonds is 15. The Balaban J connectivity index is 0.000000168. The SMILES string of the molecule is CCC(C)(C)C(=O)Oc1c2ccccc2cc2ccccc12.CCC(C)(C)C(=O)Oc1ccc2cc3ccccc3cc2c1.CCC(C)(C)C(=O)Oc1ccc2ccccc2c1.CCC(C)(C)C(=O)Oc1cccc2ccccc12.CCC(C)(C)C(=O)Oc1ccccc1. The number of carbonyl (C=O) groups is 5. The van der Waals surface area contributed by atoms with Crippen LogP contribution >= 0.6 is 0 Å². The smallest absolute Gasteiger partial charge is 0.316 e. The lowest BCUT2D eigenvalue weighted by atomic mass is 9.90. The minimum Gasteiger partial charge on any atom is -0.426 e. The molecular formula is C84H92O10. The van der Waals surface area contributed by atoms with Crippen LogP contribution in [0.15, 0.2) is 224 Å². The van der Waals surface area contributed by atoms with Gasteiger partial charge in [-0.2, -0.15) is 0 Å². The van der Waals surface area contributed by atoms with E-state index in [4.69, 9.17) is 23.7 Å². The summed E-state index contributed by atoms with van der Waals surface area (Å²) in [6, 6.07) is 73.1. The fourth-order valence-electron chi connectivity index (χ4n) is 8.99. The van der Waals surface area contributed by atoms with Crippen LogP contribution in [-0.2, 0) is 24.0 Å². The molecule has 0 saturated carbocycles. The van der Waals surface area contributed by atoms with Crippen LogP contribution in [0, 0.1) is 27.1 Å².